The maximum atomic E-state index is 13.3. The summed E-state index contributed by atoms with van der Waals surface area (Å²) < 4.78 is 6.44. The van der Waals surface area contributed by atoms with Gasteiger partial charge in [0.1, 0.15) is 0 Å². The molecule has 1 fully saturated rings. The van der Waals surface area contributed by atoms with E-state index in [2.05, 4.69) is 11.8 Å². The molecule has 158 valence electrons. The Kier molecular flexibility index (Phi) is 6.38. The van der Waals surface area contributed by atoms with E-state index >= 15 is 0 Å². The summed E-state index contributed by atoms with van der Waals surface area (Å²) in [6.45, 7) is 6.27. The van der Waals surface area contributed by atoms with E-state index in [-0.39, 0.29) is 10.9 Å². The van der Waals surface area contributed by atoms with Crippen LogP contribution >= 0.6 is 22.7 Å². The number of nitrogens with zero attached hydrogens (tertiary/aromatic N) is 4. The predicted molar refractivity (Wildman–Crippen MR) is 119 cm³/mol. The Morgan fingerprint density at radius 2 is 2.07 bits per heavy atom. The first-order valence-electron chi connectivity index (χ1n) is 9.81. The van der Waals surface area contributed by atoms with Crippen molar-refractivity contribution < 1.29 is 14.5 Å². The molecule has 0 saturated carbocycles. The van der Waals surface area contributed by atoms with Gasteiger partial charge in [0.15, 0.2) is 5.13 Å². The van der Waals surface area contributed by atoms with Crippen molar-refractivity contribution in [2.24, 2.45) is 0 Å². The second kappa shape index (κ2) is 9.17. The smallest absolute Gasteiger partial charge is 0.324 e. The molecular weight excluding hydrogens is 424 g/mol. The van der Waals surface area contributed by atoms with E-state index in [1.807, 2.05) is 18.2 Å². The van der Waals surface area contributed by atoms with Gasteiger partial charge in [-0.1, -0.05) is 41.7 Å². The van der Waals surface area contributed by atoms with Crippen molar-refractivity contribution in [3.8, 4) is 0 Å². The number of aromatic nitrogens is 1. The molecule has 0 atom stereocenters. The number of para-hydroxylation sites is 1. The summed E-state index contributed by atoms with van der Waals surface area (Å²) in [6, 6.07) is 8.97. The normalized spacial score (nSPS) is 14.8. The Labute approximate surface area is 181 Å². The van der Waals surface area contributed by atoms with Crippen molar-refractivity contribution in [2.45, 2.75) is 13.3 Å². The number of carbonyl (C=O) groups is 1. The van der Waals surface area contributed by atoms with Gasteiger partial charge in [-0.3, -0.25) is 24.7 Å². The lowest BCUT2D eigenvalue weighted by molar-refractivity contribution is -0.380. The molecule has 0 radical (unpaired) electrons. The number of fused-ring (bicyclic) bond motifs is 1. The summed E-state index contributed by atoms with van der Waals surface area (Å²) in [7, 11) is 0. The fourth-order valence-electron chi connectivity index (χ4n) is 3.42. The van der Waals surface area contributed by atoms with E-state index in [0.29, 0.717) is 36.3 Å². The lowest BCUT2D eigenvalue weighted by Crippen LogP contribution is -2.43. The number of anilines is 1. The van der Waals surface area contributed by atoms with E-state index in [1.165, 1.54) is 23.5 Å². The van der Waals surface area contributed by atoms with Crippen LogP contribution in [0.5, 0.6) is 0 Å². The van der Waals surface area contributed by atoms with Gasteiger partial charge in [-0.15, -0.1) is 0 Å². The van der Waals surface area contributed by atoms with Gasteiger partial charge in [0.25, 0.3) is 5.91 Å². The summed E-state index contributed by atoms with van der Waals surface area (Å²) in [6.07, 6.45) is 0.860. The zero-order chi connectivity index (χ0) is 21.1. The molecule has 1 aliphatic rings. The van der Waals surface area contributed by atoms with E-state index in [0.717, 1.165) is 46.6 Å². The summed E-state index contributed by atoms with van der Waals surface area (Å²) in [4.78, 5) is 33.0. The SMILES string of the molecule is CCc1cccc2sc(N(CCN3CCOCC3)C(=O)c3ccc([N+](=O)[O-])s3)nc12. The number of hydrogen-bond donors (Lipinski definition) is 0. The molecule has 0 unspecified atom stereocenters. The predicted octanol–water partition coefficient (Wildman–Crippen LogP) is 3.81. The van der Waals surface area contributed by atoms with Gasteiger partial charge in [-0.2, -0.15) is 0 Å². The fraction of sp³-hybridized carbons (Fsp3) is 0.400. The average molecular weight is 447 g/mol. The van der Waals surface area contributed by atoms with Crippen molar-refractivity contribution in [3.63, 3.8) is 0 Å². The van der Waals surface area contributed by atoms with Gasteiger partial charge >= 0.3 is 5.00 Å². The second-order valence-corrected chi connectivity index (χ2v) is 8.99. The lowest BCUT2D eigenvalue weighted by atomic mass is 10.1. The number of carbonyl (C=O) groups excluding carboxylic acids is 1. The highest BCUT2D eigenvalue weighted by atomic mass is 32.1. The number of morpholine rings is 1. The molecule has 30 heavy (non-hydrogen) atoms. The molecule has 0 N–H and O–H groups in total. The number of thiophene rings is 1. The number of thiazole rings is 1. The van der Waals surface area contributed by atoms with Crippen LogP contribution in [0, 0.1) is 10.1 Å². The first kappa shape index (κ1) is 20.9. The van der Waals surface area contributed by atoms with Crippen LogP contribution < -0.4 is 4.90 Å². The van der Waals surface area contributed by atoms with E-state index in [9.17, 15) is 14.9 Å². The Hall–Kier alpha value is -2.40. The Balaban J connectivity index is 1.65. The van der Waals surface area contributed by atoms with Crippen molar-refractivity contribution >= 4 is 48.9 Å². The monoisotopic (exact) mass is 446 g/mol. The highest BCUT2D eigenvalue weighted by molar-refractivity contribution is 7.22. The third kappa shape index (κ3) is 4.36. The molecule has 1 aliphatic heterocycles. The highest BCUT2D eigenvalue weighted by Gasteiger charge is 2.26. The number of benzene rings is 1. The number of rotatable bonds is 7. The van der Waals surface area contributed by atoms with Crippen molar-refractivity contribution in [2.75, 3.05) is 44.3 Å². The average Bonchev–Trinajstić information content (AvgIpc) is 3.42. The first-order chi connectivity index (χ1) is 14.6. The van der Waals surface area contributed by atoms with Crippen LogP contribution in [-0.2, 0) is 11.2 Å². The minimum atomic E-state index is -0.468. The van der Waals surface area contributed by atoms with Crippen LogP contribution in [0.2, 0.25) is 0 Å². The van der Waals surface area contributed by atoms with Gasteiger partial charge < -0.3 is 4.74 Å². The maximum Gasteiger partial charge on any atom is 0.324 e. The molecular formula is C20H22N4O4S2. The summed E-state index contributed by atoms with van der Waals surface area (Å²) in [5.74, 6) is -0.251. The van der Waals surface area contributed by atoms with Crippen LogP contribution in [0.4, 0.5) is 10.1 Å². The molecule has 1 aromatic carbocycles. The molecule has 3 aromatic rings. The van der Waals surface area contributed by atoms with E-state index in [1.54, 1.807) is 4.90 Å². The number of aryl methyl sites for hydroxylation is 1. The summed E-state index contributed by atoms with van der Waals surface area (Å²) in [5.41, 5.74) is 2.06. The molecule has 1 amide bonds. The zero-order valence-corrected chi connectivity index (χ0v) is 18.2. The maximum absolute atomic E-state index is 13.3. The summed E-state index contributed by atoms with van der Waals surface area (Å²) >= 11 is 2.38. The Morgan fingerprint density at radius 1 is 1.27 bits per heavy atom. The number of amides is 1. The van der Waals surface area contributed by atoms with Gasteiger partial charge in [0.2, 0.25) is 0 Å². The summed E-state index contributed by atoms with van der Waals surface area (Å²) in [5, 5.41) is 11.6. The molecule has 0 spiro atoms. The fourth-order valence-corrected chi connectivity index (χ4v) is 5.23. The molecule has 8 nitrogen and oxygen atoms in total. The van der Waals surface area contributed by atoms with Crippen LogP contribution in [0.1, 0.15) is 22.2 Å². The van der Waals surface area contributed by atoms with Crippen molar-refractivity contribution in [1.82, 2.24) is 9.88 Å². The van der Waals surface area contributed by atoms with Crippen molar-refractivity contribution in [3.05, 3.63) is 50.9 Å². The topological polar surface area (TPSA) is 88.8 Å². The molecule has 3 heterocycles. The molecule has 0 bridgehead atoms. The molecule has 1 saturated heterocycles. The largest absolute Gasteiger partial charge is 0.379 e. The number of hydrogen-bond acceptors (Lipinski definition) is 8. The molecule has 0 aliphatic carbocycles. The molecule has 10 heteroatoms. The Bertz CT molecular complexity index is 1060. The quantitative estimate of drug-likeness (QED) is 0.405. The zero-order valence-electron chi connectivity index (χ0n) is 16.6. The Morgan fingerprint density at radius 3 is 2.77 bits per heavy atom. The lowest BCUT2D eigenvalue weighted by Gasteiger charge is -2.29. The standard InChI is InChI=1S/C20H22N4O4S2/c1-2-14-4-3-5-15-18(14)21-20(30-15)23(9-8-22-10-12-28-13-11-22)19(25)16-6-7-17(29-16)24(26)27/h3-7H,2,8-13H2,1H3. The molecule has 4 rings (SSSR count). The number of nitro groups is 1. The highest BCUT2D eigenvalue weighted by Crippen LogP contribution is 2.33. The van der Waals surface area contributed by atoms with E-state index in [4.69, 9.17) is 9.72 Å². The van der Waals surface area contributed by atoms with Gasteiger partial charge in [-0.25, -0.2) is 4.98 Å². The third-order valence-corrected chi connectivity index (χ3v) is 7.14. The van der Waals surface area contributed by atoms with E-state index < -0.39 is 4.92 Å². The van der Waals surface area contributed by atoms with Gasteiger partial charge in [0, 0.05) is 32.2 Å². The van der Waals surface area contributed by atoms with Crippen LogP contribution in [-0.4, -0.2) is 60.1 Å². The van der Waals surface area contributed by atoms with Crippen molar-refractivity contribution in [1.29, 1.82) is 0 Å². The van der Waals surface area contributed by atoms with Gasteiger partial charge in [-0.05, 0) is 24.1 Å². The van der Waals surface area contributed by atoms with Crippen LogP contribution in [0.25, 0.3) is 10.2 Å². The molecule has 2 aromatic heterocycles. The van der Waals surface area contributed by atoms with Gasteiger partial charge in [0.05, 0.1) is 33.2 Å². The minimum absolute atomic E-state index is 0.0379. The first-order valence-corrected chi connectivity index (χ1v) is 11.4. The second-order valence-electron chi connectivity index (χ2n) is 6.92. The number of ether oxygens (including phenoxy) is 1. The minimum Gasteiger partial charge on any atom is -0.379 e. The van der Waals surface area contributed by atoms with Crippen LogP contribution in [0.3, 0.4) is 0 Å². The van der Waals surface area contributed by atoms with Crippen LogP contribution in [0.15, 0.2) is 30.3 Å². The third-order valence-electron chi connectivity index (χ3n) is 5.07.